The van der Waals surface area contributed by atoms with Crippen LogP contribution in [-0.4, -0.2) is 18.7 Å². The maximum atomic E-state index is 12.7. The van der Waals surface area contributed by atoms with E-state index in [0.717, 1.165) is 84.4 Å². The van der Waals surface area contributed by atoms with Crippen molar-refractivity contribution in [3.8, 4) is 5.75 Å². The minimum atomic E-state index is -0.504. The van der Waals surface area contributed by atoms with Crippen LogP contribution in [0.2, 0.25) is 0 Å². The highest BCUT2D eigenvalue weighted by molar-refractivity contribution is 6.42. The molecule has 0 radical (unpaired) electrons. The molecule has 9 aromatic rings. The Morgan fingerprint density at radius 3 is 0.831 bits per heavy atom. The van der Waals surface area contributed by atoms with Gasteiger partial charge >= 0.3 is 0 Å². The van der Waals surface area contributed by atoms with Crippen LogP contribution >= 0.6 is 0 Å². The van der Waals surface area contributed by atoms with Gasteiger partial charge < -0.3 is 14.5 Å². The molecule has 0 aliphatic rings. The maximum absolute atomic E-state index is 12.7. The molecule has 9 aromatic carbocycles. The number of carbonyl (C=O) groups is 2. The molecule has 0 saturated carbocycles. The Hall–Kier alpha value is -8.80. The van der Waals surface area contributed by atoms with E-state index < -0.39 is 11.6 Å². The quantitative estimate of drug-likeness (QED) is 0.0582. The molecule has 0 bridgehead atoms. The van der Waals surface area contributed by atoms with E-state index in [1.54, 1.807) is 19.2 Å². The normalized spacial score (nSPS) is 11.5. The highest BCUT2D eigenvalue weighted by Gasteiger charge is 2.17. The highest BCUT2D eigenvalue weighted by Crippen LogP contribution is 2.38. The van der Waals surface area contributed by atoms with Crippen LogP contribution < -0.4 is 14.5 Å². The summed E-state index contributed by atoms with van der Waals surface area (Å²) in [7, 11) is 1.68. The predicted molar refractivity (Wildman–Crippen MR) is 296 cm³/mol. The van der Waals surface area contributed by atoms with Crippen molar-refractivity contribution in [3.05, 3.63) is 280 Å². The first-order chi connectivity index (χ1) is 34.5. The van der Waals surface area contributed by atoms with E-state index >= 15 is 0 Å². The Bertz CT molecular complexity index is 3240. The van der Waals surface area contributed by atoms with Gasteiger partial charge in [0.1, 0.15) is 5.75 Å². The maximum Gasteiger partial charge on any atom is 0.228 e. The number of aryl methyl sites for hydroxylation is 4. The van der Waals surface area contributed by atoms with Crippen molar-refractivity contribution in [2.75, 3.05) is 16.9 Å². The lowest BCUT2D eigenvalue weighted by Gasteiger charge is -2.26. The molecule has 0 spiro atoms. The Kier molecular flexibility index (Phi) is 14.1. The fourth-order valence-electron chi connectivity index (χ4n) is 8.71. The lowest BCUT2D eigenvalue weighted by Crippen LogP contribution is -2.09. The number of hydrogen-bond acceptors (Lipinski definition) is 5. The van der Waals surface area contributed by atoms with Crippen LogP contribution in [0.25, 0.3) is 23.3 Å². The molecule has 0 heterocycles. The van der Waals surface area contributed by atoms with Gasteiger partial charge in [0.2, 0.25) is 5.78 Å². The Morgan fingerprint density at radius 1 is 0.338 bits per heavy atom. The first-order valence-electron chi connectivity index (χ1n) is 23.9. The monoisotopic (exact) mass is 924 g/mol. The lowest BCUT2D eigenvalue weighted by molar-refractivity contribution is -0.113. The lowest BCUT2D eigenvalue weighted by atomic mass is 9.91. The number of ketones is 2. The summed E-state index contributed by atoms with van der Waals surface area (Å²) in [6.45, 7) is 9.73. The summed E-state index contributed by atoms with van der Waals surface area (Å²) in [5.41, 5.74) is 19.7. The SMILES string of the molecule is COc1ccc(C(=Cc2ccc(N(c3ccc(C)cc3)c3ccc(C)cc3)cc2)c2ccc(C(=Cc3ccc(N(c4ccc(C)cc4)c4ccc(C)cc4)cc3)c3ccc(C(=O)C(C)=O)cc3)cc2)cc1. The minimum absolute atomic E-state index is 0.368. The van der Waals surface area contributed by atoms with Crippen LogP contribution in [0.1, 0.15) is 72.9 Å². The van der Waals surface area contributed by atoms with E-state index in [1.807, 2.05) is 24.3 Å². The average Bonchev–Trinajstić information content (AvgIpc) is 3.40. The van der Waals surface area contributed by atoms with Crippen molar-refractivity contribution in [1.29, 1.82) is 0 Å². The van der Waals surface area contributed by atoms with Gasteiger partial charge in [-0.3, -0.25) is 9.59 Å². The van der Waals surface area contributed by atoms with E-state index in [2.05, 4.69) is 232 Å². The molecule has 0 aliphatic heterocycles. The summed E-state index contributed by atoms with van der Waals surface area (Å²) in [6.07, 6.45) is 4.42. The molecule has 0 atom stereocenters. The van der Waals surface area contributed by atoms with Gasteiger partial charge in [-0.05, 0) is 169 Å². The van der Waals surface area contributed by atoms with Crippen molar-refractivity contribution >= 4 is 69.0 Å². The average molecular weight is 925 g/mol. The van der Waals surface area contributed by atoms with Gasteiger partial charge in [0, 0.05) is 46.6 Å². The second kappa shape index (κ2) is 21.2. The molecule has 348 valence electrons. The zero-order valence-corrected chi connectivity index (χ0v) is 41.1. The molecule has 5 nitrogen and oxygen atoms in total. The number of anilines is 6. The second-order valence-electron chi connectivity index (χ2n) is 18.1. The standard InChI is InChI=1S/C66H56N2O3/c1-45-7-29-57(30-8-45)67(58-31-9-46(2)10-32-58)61-37-15-50(16-38-61)43-64(54-23-25-56(26-24-54)66(70)49(5)69)52-19-21-53(22-20-52)65(55-27-41-63(71-6)42-28-55)44-51-17-39-62(40-18-51)68(59-33-11-47(3)12-34-59)60-35-13-48(4)14-36-60/h7-44H,1-6H3. The summed E-state index contributed by atoms with van der Waals surface area (Å²) in [5, 5.41) is 0. The Labute approximate surface area is 418 Å². The minimum Gasteiger partial charge on any atom is -0.497 e. The smallest absolute Gasteiger partial charge is 0.228 e. The topological polar surface area (TPSA) is 49.9 Å². The van der Waals surface area contributed by atoms with E-state index in [4.69, 9.17) is 4.74 Å². The number of nitrogens with zero attached hydrogens (tertiary/aromatic N) is 2. The first-order valence-corrected chi connectivity index (χ1v) is 23.9. The number of hydrogen-bond donors (Lipinski definition) is 0. The molecule has 5 heteroatoms. The van der Waals surface area contributed by atoms with Gasteiger partial charge in [0.05, 0.1) is 7.11 Å². The van der Waals surface area contributed by atoms with Crippen LogP contribution in [0.3, 0.4) is 0 Å². The predicted octanol–water partition coefficient (Wildman–Crippen LogP) is 16.8. The molecule has 9 rings (SSSR count). The summed E-state index contributed by atoms with van der Waals surface area (Å²) in [6, 6.07) is 75.9. The van der Waals surface area contributed by atoms with Crippen molar-refractivity contribution in [1.82, 2.24) is 0 Å². The third-order valence-corrected chi connectivity index (χ3v) is 12.8. The van der Waals surface area contributed by atoms with Crippen molar-refractivity contribution < 1.29 is 14.3 Å². The van der Waals surface area contributed by atoms with Crippen LogP contribution in [0, 0.1) is 27.7 Å². The Morgan fingerprint density at radius 2 is 0.577 bits per heavy atom. The third-order valence-electron chi connectivity index (χ3n) is 12.8. The third kappa shape index (κ3) is 11.1. The first kappa shape index (κ1) is 47.3. The number of carbonyl (C=O) groups excluding carboxylic acids is 2. The number of methoxy groups -OCH3 is 1. The number of ether oxygens (including phenoxy) is 1. The highest BCUT2D eigenvalue weighted by atomic mass is 16.5. The van der Waals surface area contributed by atoms with Crippen molar-refractivity contribution in [2.45, 2.75) is 34.6 Å². The van der Waals surface area contributed by atoms with E-state index in [-0.39, 0.29) is 0 Å². The van der Waals surface area contributed by atoms with Crippen LogP contribution in [0.5, 0.6) is 5.75 Å². The zero-order valence-electron chi connectivity index (χ0n) is 41.1. The van der Waals surface area contributed by atoms with Gasteiger partial charge in [-0.2, -0.15) is 0 Å². The molecule has 0 saturated heterocycles. The van der Waals surface area contributed by atoms with Gasteiger partial charge in [-0.1, -0.05) is 156 Å². The molecular formula is C66H56N2O3. The van der Waals surface area contributed by atoms with E-state index in [0.29, 0.717) is 5.56 Å². The summed E-state index contributed by atoms with van der Waals surface area (Å²) in [5.74, 6) is -0.203. The largest absolute Gasteiger partial charge is 0.497 e. The Balaban J connectivity index is 1.09. The molecule has 0 N–H and O–H groups in total. The summed E-state index contributed by atoms with van der Waals surface area (Å²) < 4.78 is 5.56. The fraction of sp³-hybridized carbons (Fsp3) is 0.0909. The van der Waals surface area contributed by atoms with E-state index in [9.17, 15) is 9.59 Å². The molecule has 0 aliphatic carbocycles. The molecule has 0 unspecified atom stereocenters. The molecule has 71 heavy (non-hydrogen) atoms. The van der Waals surface area contributed by atoms with Crippen LogP contribution in [-0.2, 0) is 4.79 Å². The van der Waals surface area contributed by atoms with Gasteiger partial charge in [-0.15, -0.1) is 0 Å². The summed E-state index contributed by atoms with van der Waals surface area (Å²) in [4.78, 5) is 29.3. The second-order valence-corrected chi connectivity index (χ2v) is 18.1. The number of benzene rings is 9. The fourth-order valence-corrected chi connectivity index (χ4v) is 8.71. The van der Waals surface area contributed by atoms with Crippen LogP contribution in [0.15, 0.2) is 218 Å². The van der Waals surface area contributed by atoms with Crippen LogP contribution in [0.4, 0.5) is 34.1 Å². The van der Waals surface area contributed by atoms with Gasteiger partial charge in [0.25, 0.3) is 0 Å². The van der Waals surface area contributed by atoms with E-state index in [1.165, 1.54) is 29.2 Å². The molecular weight excluding hydrogens is 869 g/mol. The van der Waals surface area contributed by atoms with Crippen molar-refractivity contribution in [3.63, 3.8) is 0 Å². The summed E-state index contributed by atoms with van der Waals surface area (Å²) >= 11 is 0. The molecule has 0 amide bonds. The number of rotatable bonds is 15. The number of Topliss-reactive ketones (excluding diaryl/α,β-unsaturated/α-hetero) is 2. The molecule has 0 fully saturated rings. The molecule has 0 aromatic heterocycles. The van der Waals surface area contributed by atoms with Gasteiger partial charge in [0.15, 0.2) is 5.78 Å². The van der Waals surface area contributed by atoms with Crippen molar-refractivity contribution in [2.24, 2.45) is 0 Å². The van der Waals surface area contributed by atoms with Gasteiger partial charge in [-0.25, -0.2) is 0 Å². The zero-order chi connectivity index (χ0) is 49.4.